The summed E-state index contributed by atoms with van der Waals surface area (Å²) in [6, 6.07) is 11.5. The Hall–Kier alpha value is 0.521. The molecule has 0 nitrogen and oxygen atoms in total. The molecule has 0 aliphatic carbocycles. The number of rotatable bonds is 6. The van der Waals surface area contributed by atoms with Gasteiger partial charge in [0.25, 0.3) is 0 Å². The minimum Gasteiger partial charge on any atom is -0.0654 e. The first-order chi connectivity index (χ1) is 9.79. The van der Waals surface area contributed by atoms with Crippen molar-refractivity contribution in [2.24, 2.45) is 0 Å². The summed E-state index contributed by atoms with van der Waals surface area (Å²) in [6.07, 6.45) is 7.39. The fourth-order valence-corrected chi connectivity index (χ4v) is 33.5. The average molecular weight is 355 g/mol. The van der Waals surface area contributed by atoms with Crippen LogP contribution in [0.4, 0.5) is 0 Å². The Morgan fingerprint density at radius 1 is 0.800 bits per heavy atom. The van der Waals surface area contributed by atoms with Crippen LogP contribution in [0.5, 0.6) is 0 Å². The van der Waals surface area contributed by atoms with Gasteiger partial charge in [-0.05, 0) is 4.28 Å². The molecule has 3 aliphatic heterocycles. The van der Waals surface area contributed by atoms with Crippen LogP contribution >= 0.6 is 0 Å². The Labute approximate surface area is 137 Å². The minimum atomic E-state index is 0.668. The van der Waals surface area contributed by atoms with Crippen molar-refractivity contribution in [2.75, 3.05) is 0 Å². The van der Waals surface area contributed by atoms with Crippen LogP contribution in [0.15, 0.2) is 30.3 Å². The summed E-state index contributed by atoms with van der Waals surface area (Å²) in [5, 5.41) is 0. The second-order valence-corrected chi connectivity index (χ2v) is 19.4. The van der Waals surface area contributed by atoms with Crippen LogP contribution in [0, 0.1) is 0 Å². The van der Waals surface area contributed by atoms with Gasteiger partial charge in [0.1, 0.15) is 0 Å². The van der Waals surface area contributed by atoms with Crippen molar-refractivity contribution in [3.63, 3.8) is 0 Å². The van der Waals surface area contributed by atoms with Gasteiger partial charge in [-0.3, -0.25) is 0 Å². The zero-order valence-corrected chi connectivity index (χ0v) is 17.9. The summed E-state index contributed by atoms with van der Waals surface area (Å²) in [6.45, 7) is 2.32. The molecule has 6 heteroatoms. The molecule has 3 heterocycles. The van der Waals surface area contributed by atoms with Crippen LogP contribution in [-0.4, -0.2) is 54.2 Å². The Kier molecular flexibility index (Phi) is 5.20. The van der Waals surface area contributed by atoms with Gasteiger partial charge < -0.3 is 0 Å². The lowest BCUT2D eigenvalue weighted by Crippen LogP contribution is -2.68. The van der Waals surface area contributed by atoms with E-state index in [0.717, 1.165) is 4.28 Å². The highest BCUT2D eigenvalue weighted by Crippen LogP contribution is 2.41. The number of fused-ring (bicyclic) bond motifs is 3. The fraction of sp³-hybridized carbons (Fsp3) is 0.571. The van der Waals surface area contributed by atoms with E-state index in [4.69, 9.17) is 0 Å². The monoisotopic (exact) mass is 354 g/mol. The van der Waals surface area contributed by atoms with Crippen molar-refractivity contribution in [1.82, 2.24) is 0 Å². The highest BCUT2D eigenvalue weighted by atomic mass is 29.3. The molecule has 98 valence electrons. The maximum Gasteiger partial charge on any atom is 0.0271 e. The number of hydrogen-bond donors (Lipinski definition) is 0. The van der Waals surface area contributed by atoms with Crippen LogP contribution in [0.2, 0.25) is 4.28 Å². The lowest BCUT2D eigenvalue weighted by molar-refractivity contribution is 0.633. The topological polar surface area (TPSA) is 0 Å². The first-order valence-corrected chi connectivity index (χ1v) is 16.5. The van der Waals surface area contributed by atoms with Gasteiger partial charge in [0.15, 0.2) is 0 Å². The number of unbranched alkanes of at least 4 members (excludes halogenated alkanes) is 3. The Morgan fingerprint density at radius 3 is 2.05 bits per heavy atom. The van der Waals surface area contributed by atoms with Crippen molar-refractivity contribution in [3.8, 4) is 0 Å². The Balaban J connectivity index is 1.61. The molecule has 2 bridgehead atoms. The Bertz CT molecular complexity index is 410. The van der Waals surface area contributed by atoms with Gasteiger partial charge in [-0.2, -0.15) is 0 Å². The summed E-state index contributed by atoms with van der Waals surface area (Å²) in [7, 11) is 7.58. The van der Waals surface area contributed by atoms with Crippen molar-refractivity contribution in [1.29, 1.82) is 0 Å². The van der Waals surface area contributed by atoms with Crippen LogP contribution in [0.1, 0.15) is 44.6 Å². The van der Waals surface area contributed by atoms with Crippen LogP contribution < -0.4 is 0 Å². The number of hydrogen-bond acceptors (Lipinski definition) is 0. The molecule has 0 aromatic heterocycles. The second kappa shape index (κ2) is 6.74. The van der Waals surface area contributed by atoms with Crippen LogP contribution in [0.25, 0.3) is 0 Å². The van der Waals surface area contributed by atoms with Gasteiger partial charge in [-0.15, -0.1) is 0 Å². The third-order valence-corrected chi connectivity index (χ3v) is 30.2. The van der Waals surface area contributed by atoms with E-state index in [1.165, 1.54) is 79.9 Å². The molecule has 3 fully saturated rings. The molecule has 4 rings (SSSR count). The van der Waals surface area contributed by atoms with Gasteiger partial charge in [0.05, 0.1) is 0 Å². The van der Waals surface area contributed by atoms with Crippen LogP contribution in [-0.2, 0) is 4.28 Å². The average Bonchev–Trinajstić information content (AvgIpc) is 2.54. The van der Waals surface area contributed by atoms with Crippen molar-refractivity contribution in [2.45, 2.75) is 47.6 Å². The largest absolute Gasteiger partial charge is 0.0654 e. The summed E-state index contributed by atoms with van der Waals surface area (Å²) >= 11 is 0. The van der Waals surface area contributed by atoms with E-state index in [1.54, 1.807) is 12.0 Å². The quantitative estimate of drug-likeness (QED) is 0.540. The number of benzene rings is 1. The van der Waals surface area contributed by atoms with E-state index in [9.17, 15) is 0 Å². The van der Waals surface area contributed by atoms with E-state index in [1.807, 2.05) is 0 Å². The standard InChI is InChI=1S/C14H18Si6/c1-2-3-4-8-11-13-15-18-14(19-16-13,20-17-13)12-9-6-5-7-10-12/h5-7,9-10H,2-4,8,11H2,1H3. The van der Waals surface area contributed by atoms with Gasteiger partial charge in [0.2, 0.25) is 0 Å². The molecule has 1 aromatic carbocycles. The normalized spacial score (nSPS) is 32.5. The summed E-state index contributed by atoms with van der Waals surface area (Å²) < 4.78 is 1.53. The summed E-state index contributed by atoms with van der Waals surface area (Å²) in [4.78, 5) is 0. The van der Waals surface area contributed by atoms with Crippen molar-refractivity contribution >= 4 is 54.2 Å². The maximum absolute atomic E-state index is 2.41. The van der Waals surface area contributed by atoms with E-state index < -0.39 is 0 Å². The predicted molar refractivity (Wildman–Crippen MR) is 94.1 cm³/mol. The predicted octanol–water partition coefficient (Wildman–Crippen LogP) is 1.84. The van der Waals surface area contributed by atoms with Crippen LogP contribution in [0.3, 0.4) is 0 Å². The minimum absolute atomic E-state index is 0.668. The van der Waals surface area contributed by atoms with Crippen molar-refractivity contribution in [3.05, 3.63) is 35.9 Å². The van der Waals surface area contributed by atoms with Crippen molar-refractivity contribution < 1.29 is 0 Å². The molecule has 3 saturated heterocycles. The maximum atomic E-state index is 2.41. The van der Waals surface area contributed by atoms with E-state index in [2.05, 4.69) is 37.3 Å². The smallest absolute Gasteiger partial charge is 0.0271 e. The molecule has 0 saturated carbocycles. The summed E-state index contributed by atoms with van der Waals surface area (Å²) in [5.74, 6) is 0. The molecule has 20 heavy (non-hydrogen) atoms. The highest BCUT2D eigenvalue weighted by Gasteiger charge is 2.50. The zero-order valence-electron chi connectivity index (χ0n) is 11.9. The van der Waals surface area contributed by atoms with Gasteiger partial charge in [-0.1, -0.05) is 79.2 Å². The third-order valence-electron chi connectivity index (χ3n) is 4.00. The molecule has 1 aromatic rings. The summed E-state index contributed by atoms with van der Waals surface area (Å²) in [5.41, 5.74) is 1.68. The first-order valence-electron chi connectivity index (χ1n) is 7.47. The SMILES string of the molecule is CCCCCCC12[Si][Si]C(c3ccccc3)([Si][Si]1)[Si][Si]2. The van der Waals surface area contributed by atoms with E-state index in [-0.39, 0.29) is 0 Å². The highest BCUT2D eigenvalue weighted by molar-refractivity contribution is 7.42. The molecule has 12 radical (unpaired) electrons. The molecule has 0 N–H and O–H groups in total. The van der Waals surface area contributed by atoms with Gasteiger partial charge in [-0.25, -0.2) is 0 Å². The van der Waals surface area contributed by atoms with E-state index >= 15 is 0 Å². The molecular weight excluding hydrogens is 337 g/mol. The van der Waals surface area contributed by atoms with E-state index in [0.29, 0.717) is 4.28 Å². The van der Waals surface area contributed by atoms with Gasteiger partial charge in [0, 0.05) is 54.2 Å². The lowest BCUT2D eigenvalue weighted by Gasteiger charge is -2.52. The molecule has 3 aliphatic rings. The second-order valence-electron chi connectivity index (χ2n) is 5.58. The van der Waals surface area contributed by atoms with Gasteiger partial charge >= 0.3 is 0 Å². The lowest BCUT2D eigenvalue weighted by atomic mass is 10.2. The first kappa shape index (κ1) is 15.4. The molecule has 0 unspecified atom stereocenters. The zero-order chi connectivity index (χ0) is 13.9. The third kappa shape index (κ3) is 3.14. The fourth-order valence-electron chi connectivity index (χ4n) is 2.70. The Morgan fingerprint density at radius 2 is 1.45 bits per heavy atom. The molecular formula is C14H18Si6. The molecule has 0 spiro atoms. The molecule has 0 atom stereocenters. The molecule has 0 amide bonds.